The number of nitrogens with zero attached hydrogens (tertiary/aromatic N) is 4. The third kappa shape index (κ3) is 3.36. The summed E-state index contributed by atoms with van der Waals surface area (Å²) >= 11 is 1.47. The van der Waals surface area contributed by atoms with Gasteiger partial charge in [0.25, 0.3) is 5.91 Å². The molecule has 132 valence electrons. The smallest absolute Gasteiger partial charge is 0.263 e. The van der Waals surface area contributed by atoms with Crippen LogP contribution in [0.5, 0.6) is 0 Å². The number of rotatable bonds is 2. The second-order valence-corrected chi connectivity index (χ2v) is 7.37. The van der Waals surface area contributed by atoms with Crippen molar-refractivity contribution in [1.82, 2.24) is 14.9 Å². The molecule has 4 rings (SSSR count). The lowest BCUT2D eigenvalue weighted by molar-refractivity contribution is -0.0871. The quantitative estimate of drug-likeness (QED) is 0.820. The Hall–Kier alpha value is -2.06. The van der Waals surface area contributed by atoms with Crippen LogP contribution in [0.2, 0.25) is 0 Å². The van der Waals surface area contributed by atoms with Crippen LogP contribution in [0.4, 0.5) is 10.3 Å². The first-order chi connectivity index (χ1) is 12.2. The lowest BCUT2D eigenvalue weighted by Crippen LogP contribution is -2.57. The number of carbonyl (C=O) groups excluding carboxylic acids is 1. The highest BCUT2D eigenvalue weighted by Gasteiger charge is 2.41. The van der Waals surface area contributed by atoms with Gasteiger partial charge in [0, 0.05) is 19.6 Å². The SMILES string of the molecule is O=C(c1cccs1)N1CCC2(CC1)CN(c1ncc(F)cn1)CCO2. The number of ether oxygens (including phenoxy) is 1. The van der Waals surface area contributed by atoms with Gasteiger partial charge in [-0.2, -0.15) is 0 Å². The van der Waals surface area contributed by atoms with Crippen LogP contribution in [0.1, 0.15) is 22.5 Å². The Morgan fingerprint density at radius 3 is 2.68 bits per heavy atom. The van der Waals surface area contributed by atoms with Crippen molar-refractivity contribution in [3.63, 3.8) is 0 Å². The third-order valence-electron chi connectivity index (χ3n) is 4.83. The minimum absolute atomic E-state index is 0.0967. The summed E-state index contributed by atoms with van der Waals surface area (Å²) in [6.07, 6.45) is 3.93. The number of amides is 1. The number of hydrogen-bond acceptors (Lipinski definition) is 6. The number of aromatic nitrogens is 2. The van der Waals surface area contributed by atoms with Crippen molar-refractivity contribution in [2.75, 3.05) is 37.7 Å². The van der Waals surface area contributed by atoms with E-state index in [1.54, 1.807) is 0 Å². The van der Waals surface area contributed by atoms with E-state index in [0.717, 1.165) is 17.7 Å². The molecule has 0 aromatic carbocycles. The first kappa shape index (κ1) is 16.4. The topological polar surface area (TPSA) is 58.6 Å². The lowest BCUT2D eigenvalue weighted by Gasteiger charge is -2.47. The second kappa shape index (κ2) is 6.68. The second-order valence-electron chi connectivity index (χ2n) is 6.42. The van der Waals surface area contributed by atoms with E-state index in [1.165, 1.54) is 23.7 Å². The minimum atomic E-state index is -0.438. The molecule has 1 spiro atoms. The number of anilines is 1. The minimum Gasteiger partial charge on any atom is -0.371 e. The highest BCUT2D eigenvalue weighted by atomic mass is 32.1. The molecule has 6 nitrogen and oxygen atoms in total. The number of halogens is 1. The van der Waals surface area contributed by atoms with Crippen LogP contribution in [0.15, 0.2) is 29.9 Å². The first-order valence-corrected chi connectivity index (χ1v) is 9.22. The van der Waals surface area contributed by atoms with Gasteiger partial charge in [0.05, 0.1) is 36.0 Å². The Balaban J connectivity index is 1.41. The molecule has 0 bridgehead atoms. The van der Waals surface area contributed by atoms with Gasteiger partial charge < -0.3 is 14.5 Å². The summed E-state index contributed by atoms with van der Waals surface area (Å²) in [5.74, 6) is 0.188. The molecule has 0 unspecified atom stereocenters. The summed E-state index contributed by atoms with van der Waals surface area (Å²) in [5, 5.41) is 1.92. The average molecular weight is 362 g/mol. The molecule has 8 heteroatoms. The molecule has 2 aromatic rings. The van der Waals surface area contributed by atoms with Crippen molar-refractivity contribution in [2.24, 2.45) is 0 Å². The van der Waals surface area contributed by atoms with Gasteiger partial charge >= 0.3 is 0 Å². The first-order valence-electron chi connectivity index (χ1n) is 8.34. The van der Waals surface area contributed by atoms with Crippen LogP contribution in [-0.2, 0) is 4.74 Å². The normalized spacial score (nSPS) is 20.0. The van der Waals surface area contributed by atoms with E-state index in [9.17, 15) is 9.18 Å². The third-order valence-corrected chi connectivity index (χ3v) is 5.69. The molecule has 0 aliphatic carbocycles. The van der Waals surface area contributed by atoms with Crippen molar-refractivity contribution in [3.05, 3.63) is 40.6 Å². The van der Waals surface area contributed by atoms with Gasteiger partial charge in [-0.3, -0.25) is 4.79 Å². The summed E-state index contributed by atoms with van der Waals surface area (Å²) in [7, 11) is 0. The number of carbonyl (C=O) groups is 1. The number of thiophene rings is 1. The van der Waals surface area contributed by atoms with Crippen molar-refractivity contribution in [3.8, 4) is 0 Å². The molecule has 4 heterocycles. The number of morpholine rings is 1. The number of hydrogen-bond donors (Lipinski definition) is 0. The maximum atomic E-state index is 13.0. The van der Waals surface area contributed by atoms with Gasteiger partial charge in [0.1, 0.15) is 0 Å². The van der Waals surface area contributed by atoms with E-state index in [2.05, 4.69) is 9.97 Å². The van der Waals surface area contributed by atoms with E-state index < -0.39 is 5.82 Å². The summed E-state index contributed by atoms with van der Waals surface area (Å²) in [6.45, 7) is 3.29. The zero-order chi connectivity index (χ0) is 17.3. The molecule has 2 saturated heterocycles. The van der Waals surface area contributed by atoms with Crippen LogP contribution in [0, 0.1) is 5.82 Å². The molecule has 2 aromatic heterocycles. The van der Waals surface area contributed by atoms with Crippen molar-refractivity contribution < 1.29 is 13.9 Å². The molecule has 0 radical (unpaired) electrons. The number of likely N-dealkylation sites (tertiary alicyclic amines) is 1. The van der Waals surface area contributed by atoms with Crippen LogP contribution in [0.25, 0.3) is 0 Å². The molecular formula is C17H19FN4O2S. The molecule has 2 aliphatic heterocycles. The zero-order valence-corrected chi connectivity index (χ0v) is 14.5. The van der Waals surface area contributed by atoms with Crippen LogP contribution >= 0.6 is 11.3 Å². The summed E-state index contributed by atoms with van der Waals surface area (Å²) in [6, 6.07) is 3.76. The molecule has 0 saturated carbocycles. The van der Waals surface area contributed by atoms with Crippen LogP contribution in [-0.4, -0.2) is 59.2 Å². The average Bonchev–Trinajstić information content (AvgIpc) is 3.17. The lowest BCUT2D eigenvalue weighted by atomic mass is 9.89. The van der Waals surface area contributed by atoms with E-state index in [-0.39, 0.29) is 11.5 Å². The van der Waals surface area contributed by atoms with E-state index >= 15 is 0 Å². The Kier molecular flexibility index (Phi) is 4.39. The van der Waals surface area contributed by atoms with Gasteiger partial charge in [-0.25, -0.2) is 14.4 Å². The van der Waals surface area contributed by atoms with Crippen molar-refractivity contribution >= 4 is 23.2 Å². The van der Waals surface area contributed by atoms with Gasteiger partial charge in [0.2, 0.25) is 5.95 Å². The van der Waals surface area contributed by atoms with E-state index in [0.29, 0.717) is 38.7 Å². The summed E-state index contributed by atoms with van der Waals surface area (Å²) in [5.41, 5.74) is -0.289. The molecular weight excluding hydrogens is 343 g/mol. The van der Waals surface area contributed by atoms with Crippen molar-refractivity contribution in [2.45, 2.75) is 18.4 Å². The molecule has 2 aliphatic rings. The van der Waals surface area contributed by atoms with Gasteiger partial charge in [-0.05, 0) is 24.3 Å². The highest BCUT2D eigenvalue weighted by molar-refractivity contribution is 7.12. The summed E-state index contributed by atoms with van der Waals surface area (Å²) in [4.78, 5) is 25.4. The zero-order valence-electron chi connectivity index (χ0n) is 13.7. The van der Waals surface area contributed by atoms with Crippen LogP contribution < -0.4 is 4.90 Å². The van der Waals surface area contributed by atoms with Crippen LogP contribution in [0.3, 0.4) is 0 Å². The molecule has 25 heavy (non-hydrogen) atoms. The largest absolute Gasteiger partial charge is 0.371 e. The molecule has 0 N–H and O–H groups in total. The van der Waals surface area contributed by atoms with Crippen molar-refractivity contribution in [1.29, 1.82) is 0 Å². The summed E-state index contributed by atoms with van der Waals surface area (Å²) < 4.78 is 19.1. The highest BCUT2D eigenvalue weighted by Crippen LogP contribution is 2.32. The fourth-order valence-electron chi connectivity index (χ4n) is 3.46. The maximum absolute atomic E-state index is 13.0. The van der Waals surface area contributed by atoms with E-state index in [4.69, 9.17) is 4.74 Å². The van der Waals surface area contributed by atoms with E-state index in [1.807, 2.05) is 27.3 Å². The van der Waals surface area contributed by atoms with Gasteiger partial charge in [-0.1, -0.05) is 6.07 Å². The Labute approximate surface area is 149 Å². The molecule has 0 atom stereocenters. The fraction of sp³-hybridized carbons (Fsp3) is 0.471. The molecule has 1 amide bonds. The van der Waals surface area contributed by atoms with Gasteiger partial charge in [-0.15, -0.1) is 11.3 Å². The Bertz CT molecular complexity index is 730. The predicted octanol–water partition coefficient (Wildman–Crippen LogP) is 2.19. The monoisotopic (exact) mass is 362 g/mol. The Morgan fingerprint density at radius 1 is 1.24 bits per heavy atom. The predicted molar refractivity (Wildman–Crippen MR) is 92.3 cm³/mol. The Morgan fingerprint density at radius 2 is 2.00 bits per heavy atom. The standard InChI is InChI=1S/C17H19FN4O2S/c18-13-10-19-16(20-11-13)22-7-8-24-17(12-22)3-5-21(6-4-17)15(23)14-2-1-9-25-14/h1-2,9-11H,3-8,12H2. The maximum Gasteiger partial charge on any atom is 0.263 e. The molecule has 2 fully saturated rings. The number of piperidine rings is 1. The van der Waals surface area contributed by atoms with Gasteiger partial charge in [0.15, 0.2) is 5.82 Å². The fourth-order valence-corrected chi connectivity index (χ4v) is 4.15.